The topological polar surface area (TPSA) is 0 Å². The molecule has 3 aromatic rings. The lowest BCUT2D eigenvalue weighted by Crippen LogP contribution is -1.79. The summed E-state index contributed by atoms with van der Waals surface area (Å²) in [6.07, 6.45) is 0. The average Bonchev–Trinajstić information content (AvgIpc) is 2.27. The fourth-order valence-electron chi connectivity index (χ4n) is 2.05. The maximum absolute atomic E-state index is 3.17. The van der Waals surface area contributed by atoms with E-state index in [1.165, 1.54) is 27.1 Å². The minimum absolute atomic E-state index is 1.27. The van der Waals surface area contributed by atoms with E-state index < -0.39 is 0 Å². The van der Waals surface area contributed by atoms with Crippen molar-refractivity contribution in [3.8, 4) is 0 Å². The normalized spacial score (nSPS) is 11.0. The maximum atomic E-state index is 3.17. The highest BCUT2D eigenvalue weighted by Gasteiger charge is 1.99. The van der Waals surface area contributed by atoms with Crippen LogP contribution in [-0.2, 0) is 0 Å². The summed E-state index contributed by atoms with van der Waals surface area (Å²) in [5.41, 5.74) is 1.29. The number of hydrogen-bond acceptors (Lipinski definition) is 0. The van der Waals surface area contributed by atoms with Crippen molar-refractivity contribution < 1.29 is 0 Å². The fourth-order valence-corrected chi connectivity index (χ4v) is 2.05. The first-order chi connectivity index (χ1) is 7.34. The molecule has 0 saturated heterocycles. The summed E-state index contributed by atoms with van der Waals surface area (Å²) in [7, 11) is 0. The number of aryl methyl sites for hydroxylation is 1. The van der Waals surface area contributed by atoms with Crippen molar-refractivity contribution in [1.29, 1.82) is 0 Å². The van der Waals surface area contributed by atoms with Gasteiger partial charge in [-0.3, -0.25) is 0 Å². The van der Waals surface area contributed by atoms with Crippen LogP contribution in [-0.4, -0.2) is 0 Å². The Balaban J connectivity index is 2.53. The second kappa shape index (κ2) is 3.09. The second-order valence-electron chi connectivity index (χ2n) is 3.92. The van der Waals surface area contributed by atoms with Crippen molar-refractivity contribution in [1.82, 2.24) is 0 Å². The molecule has 0 saturated carbocycles. The lowest BCUT2D eigenvalue weighted by atomic mass is 10.0. The van der Waals surface area contributed by atoms with Crippen LogP contribution in [0.2, 0.25) is 0 Å². The standard InChI is InChI=1S/C15H11/c1-11-5-4-8-14-9-12-6-2-3-7-13(12)10-15(11)14/h2-3,5-10H,1H3. The van der Waals surface area contributed by atoms with Gasteiger partial charge >= 0.3 is 0 Å². The highest BCUT2D eigenvalue weighted by Crippen LogP contribution is 2.24. The molecular formula is C15H11. The minimum atomic E-state index is 1.27. The molecule has 0 N–H and O–H groups in total. The van der Waals surface area contributed by atoms with Gasteiger partial charge in [-0.2, -0.15) is 0 Å². The van der Waals surface area contributed by atoms with Gasteiger partial charge in [-0.1, -0.05) is 30.3 Å². The lowest BCUT2D eigenvalue weighted by molar-refractivity contribution is 1.53. The molecule has 3 rings (SSSR count). The summed E-state index contributed by atoms with van der Waals surface area (Å²) in [6, 6.07) is 20.2. The van der Waals surface area contributed by atoms with Crippen molar-refractivity contribution in [2.24, 2.45) is 0 Å². The van der Waals surface area contributed by atoms with E-state index in [1.807, 2.05) is 6.07 Å². The van der Waals surface area contributed by atoms with Crippen molar-refractivity contribution in [2.45, 2.75) is 6.92 Å². The van der Waals surface area contributed by atoms with Crippen LogP contribution >= 0.6 is 0 Å². The van der Waals surface area contributed by atoms with Crippen LogP contribution in [0.1, 0.15) is 5.56 Å². The van der Waals surface area contributed by atoms with Crippen molar-refractivity contribution in [2.75, 3.05) is 0 Å². The van der Waals surface area contributed by atoms with Crippen LogP contribution in [0, 0.1) is 13.0 Å². The van der Waals surface area contributed by atoms with Gasteiger partial charge in [0.25, 0.3) is 0 Å². The van der Waals surface area contributed by atoms with Crippen LogP contribution < -0.4 is 0 Å². The maximum Gasteiger partial charge on any atom is -0.0148 e. The fraction of sp³-hybridized carbons (Fsp3) is 0.0667. The smallest absolute Gasteiger partial charge is 0.0148 e. The first-order valence-corrected chi connectivity index (χ1v) is 5.14. The zero-order valence-electron chi connectivity index (χ0n) is 8.62. The number of rotatable bonds is 0. The van der Waals surface area contributed by atoms with E-state index in [0.717, 1.165) is 0 Å². The van der Waals surface area contributed by atoms with Gasteiger partial charge in [0.2, 0.25) is 0 Å². The van der Waals surface area contributed by atoms with E-state index in [-0.39, 0.29) is 0 Å². The molecule has 0 heterocycles. The lowest BCUT2D eigenvalue weighted by Gasteiger charge is -2.04. The molecule has 15 heavy (non-hydrogen) atoms. The van der Waals surface area contributed by atoms with Gasteiger partial charge in [0.1, 0.15) is 0 Å². The van der Waals surface area contributed by atoms with Gasteiger partial charge in [0.05, 0.1) is 0 Å². The van der Waals surface area contributed by atoms with Crippen LogP contribution in [0.15, 0.2) is 48.5 Å². The molecule has 0 spiro atoms. The number of fused-ring (bicyclic) bond motifs is 2. The Morgan fingerprint density at radius 2 is 1.60 bits per heavy atom. The predicted octanol–water partition coefficient (Wildman–Crippen LogP) is 4.10. The molecule has 0 bridgehead atoms. The molecule has 0 atom stereocenters. The third-order valence-electron chi connectivity index (χ3n) is 2.88. The van der Waals surface area contributed by atoms with Crippen LogP contribution in [0.3, 0.4) is 0 Å². The van der Waals surface area contributed by atoms with Gasteiger partial charge in [-0.05, 0) is 58.3 Å². The highest BCUT2D eigenvalue weighted by atomic mass is 14.0. The Bertz CT molecular complexity index is 636. The molecule has 1 radical (unpaired) electrons. The second-order valence-corrected chi connectivity index (χ2v) is 3.92. The number of benzene rings is 3. The monoisotopic (exact) mass is 191 g/mol. The molecular weight excluding hydrogens is 180 g/mol. The largest absolute Gasteiger partial charge is 0.0616 e. The van der Waals surface area contributed by atoms with Crippen molar-refractivity contribution in [3.63, 3.8) is 0 Å². The van der Waals surface area contributed by atoms with Crippen molar-refractivity contribution >= 4 is 21.5 Å². The highest BCUT2D eigenvalue weighted by molar-refractivity contribution is 5.99. The molecule has 3 aromatic carbocycles. The molecule has 0 aliphatic rings. The Hall–Kier alpha value is -1.82. The minimum Gasteiger partial charge on any atom is -0.0616 e. The van der Waals surface area contributed by atoms with Crippen LogP contribution in [0.4, 0.5) is 0 Å². The SMILES string of the molecule is Cc1c[c]cc2cc3ccccc3cc12. The summed E-state index contributed by atoms with van der Waals surface area (Å²) in [5.74, 6) is 0. The molecule has 0 heteroatoms. The Morgan fingerprint density at radius 1 is 0.867 bits per heavy atom. The van der Waals surface area contributed by atoms with E-state index in [1.54, 1.807) is 0 Å². The zero-order valence-corrected chi connectivity index (χ0v) is 8.62. The molecule has 0 amide bonds. The summed E-state index contributed by atoms with van der Waals surface area (Å²) in [5, 5.41) is 5.20. The third-order valence-corrected chi connectivity index (χ3v) is 2.88. The van der Waals surface area contributed by atoms with E-state index >= 15 is 0 Å². The van der Waals surface area contributed by atoms with Gasteiger partial charge in [-0.15, -0.1) is 0 Å². The quantitative estimate of drug-likeness (QED) is 0.469. The summed E-state index contributed by atoms with van der Waals surface area (Å²) in [4.78, 5) is 0. The zero-order chi connectivity index (χ0) is 10.3. The Kier molecular flexibility index (Phi) is 1.75. The predicted molar refractivity (Wildman–Crippen MR) is 65.0 cm³/mol. The molecule has 0 nitrogen and oxygen atoms in total. The van der Waals surface area contributed by atoms with E-state index in [2.05, 4.69) is 55.5 Å². The van der Waals surface area contributed by atoms with Gasteiger partial charge in [0, 0.05) is 0 Å². The van der Waals surface area contributed by atoms with Crippen molar-refractivity contribution in [3.05, 3.63) is 60.2 Å². The first kappa shape index (κ1) is 8.49. The molecule has 0 aliphatic heterocycles. The van der Waals surface area contributed by atoms with E-state index in [0.29, 0.717) is 0 Å². The van der Waals surface area contributed by atoms with Gasteiger partial charge in [0.15, 0.2) is 0 Å². The average molecular weight is 191 g/mol. The molecule has 0 unspecified atom stereocenters. The Morgan fingerprint density at radius 3 is 2.40 bits per heavy atom. The molecule has 0 fully saturated rings. The van der Waals surface area contributed by atoms with E-state index in [9.17, 15) is 0 Å². The Labute approximate surface area is 89.2 Å². The summed E-state index contributed by atoms with van der Waals surface area (Å²) < 4.78 is 0. The van der Waals surface area contributed by atoms with Crippen LogP contribution in [0.25, 0.3) is 21.5 Å². The van der Waals surface area contributed by atoms with Crippen LogP contribution in [0.5, 0.6) is 0 Å². The molecule has 71 valence electrons. The summed E-state index contributed by atoms with van der Waals surface area (Å²) >= 11 is 0. The van der Waals surface area contributed by atoms with Gasteiger partial charge < -0.3 is 0 Å². The number of hydrogen-bond donors (Lipinski definition) is 0. The van der Waals surface area contributed by atoms with Gasteiger partial charge in [-0.25, -0.2) is 0 Å². The molecule has 0 aromatic heterocycles. The third kappa shape index (κ3) is 1.30. The van der Waals surface area contributed by atoms with E-state index in [4.69, 9.17) is 0 Å². The summed E-state index contributed by atoms with van der Waals surface area (Å²) in [6.45, 7) is 2.13. The molecule has 0 aliphatic carbocycles. The first-order valence-electron chi connectivity index (χ1n) is 5.14.